The van der Waals surface area contributed by atoms with Crippen LogP contribution in [0.5, 0.6) is 0 Å². The Morgan fingerprint density at radius 2 is 2.00 bits per heavy atom. The highest BCUT2D eigenvalue weighted by Crippen LogP contribution is 2.19. The van der Waals surface area contributed by atoms with E-state index in [4.69, 9.17) is 0 Å². The van der Waals surface area contributed by atoms with Gasteiger partial charge in [0.1, 0.15) is 11.6 Å². The molecular weight excluding hydrogens is 238 g/mol. The van der Waals surface area contributed by atoms with Crippen LogP contribution in [0.1, 0.15) is 30.1 Å². The van der Waals surface area contributed by atoms with Crippen molar-refractivity contribution in [2.75, 3.05) is 13.1 Å². The highest BCUT2D eigenvalue weighted by molar-refractivity contribution is 5.94. The molecule has 1 amide bonds. The van der Waals surface area contributed by atoms with Crippen LogP contribution < -0.4 is 10.6 Å². The van der Waals surface area contributed by atoms with Crippen LogP contribution in [0.3, 0.4) is 0 Å². The van der Waals surface area contributed by atoms with E-state index in [1.54, 1.807) is 0 Å². The first kappa shape index (κ1) is 13.0. The normalized spacial score (nSPS) is 18.4. The molecule has 3 nitrogen and oxygen atoms in total. The number of piperidine rings is 1. The van der Waals surface area contributed by atoms with Gasteiger partial charge in [0.15, 0.2) is 0 Å². The quantitative estimate of drug-likeness (QED) is 0.845. The van der Waals surface area contributed by atoms with E-state index in [-0.39, 0.29) is 11.1 Å². The molecule has 18 heavy (non-hydrogen) atoms. The number of hydrogen-bond acceptors (Lipinski definition) is 2. The number of halogens is 2. The maximum absolute atomic E-state index is 13.5. The Balaban J connectivity index is 2.11. The first-order chi connectivity index (χ1) is 8.50. The number of rotatable bonds is 2. The molecule has 98 valence electrons. The molecule has 1 aromatic carbocycles. The Labute approximate surface area is 105 Å². The van der Waals surface area contributed by atoms with Gasteiger partial charge in [0.2, 0.25) is 0 Å². The van der Waals surface area contributed by atoms with Crippen LogP contribution >= 0.6 is 0 Å². The standard InChI is InChI=1S/C13H16F2N2O/c1-13(4-6-16-7-5-13)17-12(18)10-3-2-9(14)8-11(10)15/h2-3,8,16H,4-7H2,1H3,(H,17,18). The van der Waals surface area contributed by atoms with Crippen LogP contribution in [0, 0.1) is 11.6 Å². The third kappa shape index (κ3) is 2.85. The van der Waals surface area contributed by atoms with Gasteiger partial charge in [0.25, 0.3) is 5.91 Å². The van der Waals surface area contributed by atoms with E-state index in [2.05, 4.69) is 10.6 Å². The van der Waals surface area contributed by atoms with E-state index in [1.165, 1.54) is 6.07 Å². The van der Waals surface area contributed by atoms with Gasteiger partial charge in [-0.1, -0.05) is 0 Å². The summed E-state index contributed by atoms with van der Waals surface area (Å²) in [6.45, 7) is 3.58. The molecule has 0 aliphatic carbocycles. The van der Waals surface area contributed by atoms with E-state index in [0.717, 1.165) is 38.1 Å². The number of nitrogens with one attached hydrogen (secondary N) is 2. The van der Waals surface area contributed by atoms with Gasteiger partial charge in [-0.2, -0.15) is 0 Å². The second-order valence-electron chi connectivity index (χ2n) is 4.89. The Hall–Kier alpha value is -1.49. The van der Waals surface area contributed by atoms with E-state index in [9.17, 15) is 13.6 Å². The van der Waals surface area contributed by atoms with Crippen molar-refractivity contribution in [2.24, 2.45) is 0 Å². The Bertz CT molecular complexity index is 456. The zero-order valence-corrected chi connectivity index (χ0v) is 10.2. The molecule has 1 aliphatic rings. The molecule has 1 aliphatic heterocycles. The van der Waals surface area contributed by atoms with Crippen LogP contribution in [-0.2, 0) is 0 Å². The summed E-state index contributed by atoms with van der Waals surface area (Å²) in [5, 5.41) is 6.03. The third-order valence-corrected chi connectivity index (χ3v) is 3.30. The second-order valence-corrected chi connectivity index (χ2v) is 4.89. The van der Waals surface area contributed by atoms with Crippen LogP contribution in [0.4, 0.5) is 8.78 Å². The summed E-state index contributed by atoms with van der Waals surface area (Å²) < 4.78 is 26.2. The smallest absolute Gasteiger partial charge is 0.254 e. The van der Waals surface area contributed by atoms with E-state index < -0.39 is 17.5 Å². The predicted octanol–water partition coefficient (Wildman–Crippen LogP) is 1.84. The largest absolute Gasteiger partial charge is 0.347 e. The summed E-state index contributed by atoms with van der Waals surface area (Å²) in [4.78, 5) is 12.0. The summed E-state index contributed by atoms with van der Waals surface area (Å²) in [5.74, 6) is -2.00. The van der Waals surface area contributed by atoms with Crippen LogP contribution in [-0.4, -0.2) is 24.5 Å². The molecule has 0 radical (unpaired) electrons. The molecule has 1 fully saturated rings. The maximum Gasteiger partial charge on any atom is 0.254 e. The average molecular weight is 254 g/mol. The van der Waals surface area contributed by atoms with Crippen LogP contribution in [0.25, 0.3) is 0 Å². The first-order valence-corrected chi connectivity index (χ1v) is 5.98. The molecule has 0 saturated carbocycles. The number of hydrogen-bond donors (Lipinski definition) is 2. The molecule has 0 unspecified atom stereocenters. The molecule has 0 aromatic heterocycles. The molecule has 0 spiro atoms. The maximum atomic E-state index is 13.5. The van der Waals surface area contributed by atoms with E-state index in [0.29, 0.717) is 0 Å². The summed E-state index contributed by atoms with van der Waals surface area (Å²) in [6.07, 6.45) is 1.59. The lowest BCUT2D eigenvalue weighted by Gasteiger charge is -2.35. The van der Waals surface area contributed by atoms with Crippen molar-refractivity contribution in [2.45, 2.75) is 25.3 Å². The Morgan fingerprint density at radius 3 is 2.61 bits per heavy atom. The minimum atomic E-state index is -0.829. The number of carbonyl (C=O) groups is 1. The molecule has 1 aromatic rings. The van der Waals surface area contributed by atoms with Gasteiger partial charge in [-0.3, -0.25) is 4.79 Å². The van der Waals surface area contributed by atoms with Gasteiger partial charge >= 0.3 is 0 Å². The monoisotopic (exact) mass is 254 g/mol. The minimum absolute atomic E-state index is 0.115. The lowest BCUT2D eigenvalue weighted by molar-refractivity contribution is 0.0883. The van der Waals surface area contributed by atoms with Gasteiger partial charge in [0.05, 0.1) is 5.56 Å². The second kappa shape index (κ2) is 5.02. The van der Waals surface area contributed by atoms with Crippen molar-refractivity contribution in [3.8, 4) is 0 Å². The lowest BCUT2D eigenvalue weighted by Crippen LogP contribution is -2.52. The average Bonchev–Trinajstić information content (AvgIpc) is 2.28. The van der Waals surface area contributed by atoms with Crippen molar-refractivity contribution >= 4 is 5.91 Å². The van der Waals surface area contributed by atoms with Gasteiger partial charge < -0.3 is 10.6 Å². The first-order valence-electron chi connectivity index (χ1n) is 5.98. The summed E-state index contributed by atoms with van der Waals surface area (Å²) >= 11 is 0. The fourth-order valence-electron chi connectivity index (χ4n) is 2.12. The van der Waals surface area contributed by atoms with Crippen molar-refractivity contribution < 1.29 is 13.6 Å². The zero-order valence-electron chi connectivity index (χ0n) is 10.2. The number of carbonyl (C=O) groups excluding carboxylic acids is 1. The molecule has 2 rings (SSSR count). The van der Waals surface area contributed by atoms with E-state index >= 15 is 0 Å². The van der Waals surface area contributed by atoms with Crippen molar-refractivity contribution in [3.05, 3.63) is 35.4 Å². The SMILES string of the molecule is CC1(NC(=O)c2ccc(F)cc2F)CCNCC1. The molecular formula is C13H16F2N2O. The Kier molecular flexibility index (Phi) is 3.61. The summed E-state index contributed by atoms with van der Waals surface area (Å²) in [7, 11) is 0. The zero-order chi connectivity index (χ0) is 13.2. The fourth-order valence-corrected chi connectivity index (χ4v) is 2.12. The molecule has 5 heteroatoms. The molecule has 0 bridgehead atoms. The number of benzene rings is 1. The molecule has 2 N–H and O–H groups in total. The van der Waals surface area contributed by atoms with Gasteiger partial charge in [-0.25, -0.2) is 8.78 Å². The van der Waals surface area contributed by atoms with Crippen LogP contribution in [0.15, 0.2) is 18.2 Å². The van der Waals surface area contributed by atoms with Gasteiger partial charge in [0, 0.05) is 11.6 Å². The van der Waals surface area contributed by atoms with Crippen molar-refractivity contribution in [3.63, 3.8) is 0 Å². The molecule has 1 heterocycles. The third-order valence-electron chi connectivity index (χ3n) is 3.30. The summed E-state index contributed by atoms with van der Waals surface area (Å²) in [6, 6.07) is 2.98. The molecule has 0 atom stereocenters. The number of amides is 1. The minimum Gasteiger partial charge on any atom is -0.347 e. The van der Waals surface area contributed by atoms with Crippen LogP contribution in [0.2, 0.25) is 0 Å². The highest BCUT2D eigenvalue weighted by Gasteiger charge is 2.29. The van der Waals surface area contributed by atoms with Gasteiger partial charge in [-0.15, -0.1) is 0 Å². The lowest BCUT2D eigenvalue weighted by atomic mass is 9.90. The fraction of sp³-hybridized carbons (Fsp3) is 0.462. The topological polar surface area (TPSA) is 41.1 Å². The van der Waals surface area contributed by atoms with Crippen molar-refractivity contribution in [1.82, 2.24) is 10.6 Å². The van der Waals surface area contributed by atoms with Crippen molar-refractivity contribution in [1.29, 1.82) is 0 Å². The molecule has 1 saturated heterocycles. The predicted molar refractivity (Wildman–Crippen MR) is 64.3 cm³/mol. The highest BCUT2D eigenvalue weighted by atomic mass is 19.1. The van der Waals surface area contributed by atoms with Gasteiger partial charge in [-0.05, 0) is 45.0 Å². The van der Waals surface area contributed by atoms with E-state index in [1.807, 2.05) is 6.92 Å². The Morgan fingerprint density at radius 1 is 1.33 bits per heavy atom. The summed E-state index contributed by atoms with van der Waals surface area (Å²) in [5.41, 5.74) is -0.445.